The quantitative estimate of drug-likeness (QED) is 0.396. The number of hydrogen-bond acceptors (Lipinski definition) is 8. The van der Waals surface area contributed by atoms with E-state index in [4.69, 9.17) is 14.2 Å². The number of nitrogens with zero attached hydrogens (tertiary/aromatic N) is 3. The van der Waals surface area contributed by atoms with Gasteiger partial charge in [0.25, 0.3) is 0 Å². The van der Waals surface area contributed by atoms with Crippen LogP contribution in [0.3, 0.4) is 0 Å². The molecule has 2 amide bonds. The molecule has 34 heavy (non-hydrogen) atoms. The van der Waals surface area contributed by atoms with Crippen LogP contribution in [0, 0.1) is 0 Å². The van der Waals surface area contributed by atoms with Gasteiger partial charge < -0.3 is 24.1 Å². The zero-order valence-electron chi connectivity index (χ0n) is 17.6. The highest BCUT2D eigenvalue weighted by molar-refractivity contribution is 5.99. The van der Waals surface area contributed by atoms with E-state index in [0.717, 1.165) is 0 Å². The molecule has 0 atom stereocenters. The predicted molar refractivity (Wildman–Crippen MR) is 113 cm³/mol. The molecular weight excluding hydrogens is 459 g/mol. The van der Waals surface area contributed by atoms with Crippen molar-refractivity contribution in [3.05, 3.63) is 54.5 Å². The van der Waals surface area contributed by atoms with Gasteiger partial charge in [-0.2, -0.15) is 13.2 Å². The summed E-state index contributed by atoms with van der Waals surface area (Å²) in [4.78, 5) is 20.5. The number of alkyl halides is 3. The van der Waals surface area contributed by atoms with Crippen molar-refractivity contribution >= 4 is 28.5 Å². The van der Waals surface area contributed by atoms with Gasteiger partial charge in [0, 0.05) is 23.9 Å². The molecule has 0 radical (unpaired) electrons. The number of halogens is 3. The van der Waals surface area contributed by atoms with Gasteiger partial charge in [-0.05, 0) is 18.2 Å². The second-order valence-electron chi connectivity index (χ2n) is 6.69. The molecule has 0 aliphatic heterocycles. The van der Waals surface area contributed by atoms with Crippen LogP contribution < -0.4 is 24.8 Å². The number of anilines is 2. The van der Waals surface area contributed by atoms with Gasteiger partial charge in [0.15, 0.2) is 17.2 Å². The maximum absolute atomic E-state index is 12.6. The van der Waals surface area contributed by atoms with E-state index in [1.807, 2.05) is 0 Å². The Bertz CT molecular complexity index is 1340. The highest BCUT2D eigenvalue weighted by Gasteiger charge is 2.35. The lowest BCUT2D eigenvalue weighted by molar-refractivity contribution is -0.142. The minimum atomic E-state index is -4.69. The topological polar surface area (TPSA) is 121 Å². The summed E-state index contributed by atoms with van der Waals surface area (Å²) in [7, 11) is 3.01. The van der Waals surface area contributed by atoms with Crippen LogP contribution in [0.2, 0.25) is 0 Å². The van der Waals surface area contributed by atoms with Gasteiger partial charge >= 0.3 is 12.2 Å². The Morgan fingerprint density at radius 3 is 2.47 bits per heavy atom. The first-order valence-corrected chi connectivity index (χ1v) is 9.53. The van der Waals surface area contributed by atoms with Gasteiger partial charge in [-0.25, -0.2) is 14.8 Å². The van der Waals surface area contributed by atoms with Gasteiger partial charge in [-0.15, -0.1) is 0 Å². The monoisotopic (exact) mass is 475 g/mol. The predicted octanol–water partition coefficient (Wildman–Crippen LogP) is 5.09. The average Bonchev–Trinajstić information content (AvgIpc) is 3.27. The minimum Gasteiger partial charge on any atom is -0.493 e. The van der Waals surface area contributed by atoms with Crippen LogP contribution in [0.25, 0.3) is 10.9 Å². The number of methoxy groups -OCH3 is 2. The largest absolute Gasteiger partial charge is 0.493 e. The maximum atomic E-state index is 12.6. The summed E-state index contributed by atoms with van der Waals surface area (Å²) in [6.07, 6.45) is -3.36. The number of benzene rings is 2. The lowest BCUT2D eigenvalue weighted by atomic mass is 10.2. The van der Waals surface area contributed by atoms with Crippen molar-refractivity contribution in [2.75, 3.05) is 24.9 Å². The molecular formula is C21H16F3N5O5. The number of ether oxygens (including phenoxy) is 3. The SMILES string of the molecule is COc1cc2ncnc(Oc3cccc(NC(=O)Nc4cc(C(F)(F)F)no4)c3)c2cc1OC. The van der Waals surface area contributed by atoms with E-state index >= 15 is 0 Å². The van der Waals surface area contributed by atoms with E-state index in [9.17, 15) is 18.0 Å². The van der Waals surface area contributed by atoms with E-state index in [2.05, 4.69) is 30.3 Å². The number of aromatic nitrogens is 3. The van der Waals surface area contributed by atoms with Crippen molar-refractivity contribution in [2.24, 2.45) is 0 Å². The Kier molecular flexibility index (Phi) is 6.08. The summed E-state index contributed by atoms with van der Waals surface area (Å²) in [6.45, 7) is 0. The molecule has 0 unspecified atom stereocenters. The van der Waals surface area contributed by atoms with Gasteiger partial charge in [-0.3, -0.25) is 5.32 Å². The summed E-state index contributed by atoms with van der Waals surface area (Å²) in [5, 5.41) is 8.02. The highest BCUT2D eigenvalue weighted by Crippen LogP contribution is 2.36. The maximum Gasteiger partial charge on any atom is 0.436 e. The molecule has 0 fully saturated rings. The Morgan fingerprint density at radius 2 is 1.76 bits per heavy atom. The van der Waals surface area contributed by atoms with Crippen LogP contribution in [0.1, 0.15) is 5.69 Å². The van der Waals surface area contributed by atoms with Gasteiger partial charge in [0.1, 0.15) is 12.1 Å². The lowest BCUT2D eigenvalue weighted by Gasteiger charge is -2.12. The second-order valence-corrected chi connectivity index (χ2v) is 6.69. The Morgan fingerprint density at radius 1 is 1.00 bits per heavy atom. The first-order chi connectivity index (χ1) is 16.3. The van der Waals surface area contributed by atoms with Crippen LogP contribution in [0.5, 0.6) is 23.1 Å². The van der Waals surface area contributed by atoms with E-state index in [1.165, 1.54) is 26.6 Å². The fourth-order valence-electron chi connectivity index (χ4n) is 2.93. The molecule has 13 heteroatoms. The van der Waals surface area contributed by atoms with Gasteiger partial charge in [-0.1, -0.05) is 11.2 Å². The molecule has 2 aromatic heterocycles. The molecule has 10 nitrogen and oxygen atoms in total. The lowest BCUT2D eigenvalue weighted by Crippen LogP contribution is -2.19. The van der Waals surface area contributed by atoms with Crippen LogP contribution in [-0.4, -0.2) is 35.4 Å². The van der Waals surface area contributed by atoms with E-state index in [0.29, 0.717) is 39.9 Å². The van der Waals surface area contributed by atoms with Crippen LogP contribution in [0.15, 0.2) is 53.3 Å². The van der Waals surface area contributed by atoms with E-state index in [1.54, 1.807) is 30.3 Å². The summed E-state index contributed by atoms with van der Waals surface area (Å²) in [5.74, 6) is 1.04. The summed E-state index contributed by atoms with van der Waals surface area (Å²) < 4.78 is 58.7. The molecule has 0 spiro atoms. The smallest absolute Gasteiger partial charge is 0.436 e. The first kappa shape index (κ1) is 22.6. The number of nitrogens with one attached hydrogen (secondary N) is 2. The van der Waals surface area contributed by atoms with E-state index in [-0.39, 0.29) is 5.88 Å². The molecule has 176 valence electrons. The van der Waals surface area contributed by atoms with Crippen molar-refractivity contribution < 1.29 is 36.7 Å². The minimum absolute atomic E-state index is 0.230. The number of hydrogen-bond donors (Lipinski definition) is 2. The van der Waals surface area contributed by atoms with Gasteiger partial charge in [0.2, 0.25) is 11.8 Å². The fourth-order valence-corrected chi connectivity index (χ4v) is 2.93. The van der Waals surface area contributed by atoms with E-state index < -0.39 is 23.8 Å². The van der Waals surface area contributed by atoms with Crippen molar-refractivity contribution in [1.29, 1.82) is 0 Å². The molecule has 2 heterocycles. The molecule has 2 N–H and O–H groups in total. The number of fused-ring (bicyclic) bond motifs is 1. The molecule has 4 aromatic rings. The number of carbonyl (C=O) groups excluding carboxylic acids is 1. The third kappa shape index (κ3) is 4.92. The first-order valence-electron chi connectivity index (χ1n) is 9.53. The number of amides is 2. The van der Waals surface area contributed by atoms with Crippen LogP contribution in [0.4, 0.5) is 29.5 Å². The molecule has 0 aliphatic rings. The van der Waals surface area contributed by atoms with Crippen molar-refractivity contribution in [2.45, 2.75) is 6.18 Å². The standard InChI is InChI=1S/C21H16F3N5O5/c1-31-15-7-13-14(8-16(15)32-2)25-10-26-19(13)33-12-5-3-4-11(6-12)27-20(30)28-18-9-17(29-34-18)21(22,23)24/h3-10H,1-2H3,(H2,27,28,30). The number of rotatable bonds is 6. The zero-order valence-corrected chi connectivity index (χ0v) is 17.6. The van der Waals surface area contributed by atoms with Crippen LogP contribution in [-0.2, 0) is 6.18 Å². The normalized spacial score (nSPS) is 11.2. The number of urea groups is 1. The summed E-state index contributed by atoms with van der Waals surface area (Å²) in [5.41, 5.74) is -0.408. The van der Waals surface area contributed by atoms with Gasteiger partial charge in [0.05, 0.1) is 25.1 Å². The third-order valence-electron chi connectivity index (χ3n) is 4.45. The zero-order chi connectivity index (χ0) is 24.3. The molecule has 0 aliphatic carbocycles. The fraction of sp³-hybridized carbons (Fsp3) is 0.143. The Labute approximate surface area is 189 Å². The molecule has 2 aromatic carbocycles. The Hall–Kier alpha value is -4.55. The van der Waals surface area contributed by atoms with Crippen molar-refractivity contribution in [1.82, 2.24) is 15.1 Å². The second kappa shape index (κ2) is 9.13. The summed E-state index contributed by atoms with van der Waals surface area (Å²) in [6, 6.07) is 9.37. The molecule has 0 bridgehead atoms. The van der Waals surface area contributed by atoms with Crippen molar-refractivity contribution in [3.63, 3.8) is 0 Å². The Balaban J connectivity index is 1.50. The third-order valence-corrected chi connectivity index (χ3v) is 4.45. The average molecular weight is 475 g/mol. The van der Waals surface area contributed by atoms with Crippen molar-refractivity contribution in [3.8, 4) is 23.1 Å². The van der Waals surface area contributed by atoms with Crippen LogP contribution >= 0.6 is 0 Å². The highest BCUT2D eigenvalue weighted by atomic mass is 19.4. The molecule has 4 rings (SSSR count). The summed E-state index contributed by atoms with van der Waals surface area (Å²) >= 11 is 0. The molecule has 0 saturated heterocycles. The molecule has 0 saturated carbocycles. The number of carbonyl (C=O) groups is 1.